The van der Waals surface area contributed by atoms with Crippen LogP contribution in [-0.2, 0) is 16.6 Å². The fraction of sp³-hybridized carbons (Fsp3) is 0.692. The Morgan fingerprint density at radius 1 is 1.42 bits per heavy atom. The molecule has 0 saturated carbocycles. The van der Waals surface area contributed by atoms with Gasteiger partial charge in [-0.25, -0.2) is 13.1 Å². The second-order valence-electron chi connectivity index (χ2n) is 5.05. The van der Waals surface area contributed by atoms with Crippen molar-refractivity contribution < 1.29 is 8.42 Å². The third kappa shape index (κ3) is 4.87. The smallest absolute Gasteiger partial charge is 0.211 e. The predicted molar refractivity (Wildman–Crippen MR) is 79.8 cm³/mol. The maximum absolute atomic E-state index is 11.4. The van der Waals surface area contributed by atoms with Gasteiger partial charge in [0.2, 0.25) is 10.0 Å². The van der Waals surface area contributed by atoms with Gasteiger partial charge in [-0.1, -0.05) is 6.07 Å². The van der Waals surface area contributed by atoms with Gasteiger partial charge in [-0.05, 0) is 50.2 Å². The van der Waals surface area contributed by atoms with Crippen LogP contribution in [0, 0.1) is 5.92 Å². The summed E-state index contributed by atoms with van der Waals surface area (Å²) < 4.78 is 25.5. The number of nitrogens with zero attached hydrogens (tertiary/aromatic N) is 1. The first-order valence-corrected chi connectivity index (χ1v) is 9.34. The molecule has 0 spiro atoms. The van der Waals surface area contributed by atoms with Crippen LogP contribution in [-0.4, -0.2) is 38.7 Å². The third-order valence-corrected chi connectivity index (χ3v) is 5.87. The first kappa shape index (κ1) is 15.0. The third-order valence-electron chi connectivity index (χ3n) is 3.64. The average molecular weight is 302 g/mol. The summed E-state index contributed by atoms with van der Waals surface area (Å²) in [5.74, 6) is 0.658. The number of rotatable bonds is 6. The van der Waals surface area contributed by atoms with E-state index in [1.54, 1.807) is 18.3 Å². The van der Waals surface area contributed by atoms with Crippen LogP contribution < -0.4 is 4.72 Å². The molecule has 1 aliphatic rings. The van der Waals surface area contributed by atoms with Crippen LogP contribution in [0.1, 0.15) is 24.6 Å². The van der Waals surface area contributed by atoms with Gasteiger partial charge in [-0.15, -0.1) is 11.3 Å². The summed E-state index contributed by atoms with van der Waals surface area (Å²) in [7, 11) is -3.04. The Labute approximate surface area is 119 Å². The van der Waals surface area contributed by atoms with Crippen molar-refractivity contribution in [1.82, 2.24) is 9.62 Å². The fourth-order valence-corrected chi connectivity index (χ4v) is 3.76. The van der Waals surface area contributed by atoms with Gasteiger partial charge in [-0.3, -0.25) is 4.90 Å². The molecule has 2 heterocycles. The number of piperidine rings is 1. The number of hydrogen-bond donors (Lipinski definition) is 1. The summed E-state index contributed by atoms with van der Waals surface area (Å²) in [6.07, 6.45) is 2.16. The van der Waals surface area contributed by atoms with E-state index in [0.717, 1.165) is 32.5 Å². The standard InChI is InChI=1S/C13H22N2O2S2/c1-2-19(16,17)14-10-12-5-7-15(8-6-12)11-13-4-3-9-18-13/h3-4,9,12,14H,2,5-8,10-11H2,1H3. The molecule has 4 nitrogen and oxygen atoms in total. The zero-order valence-electron chi connectivity index (χ0n) is 11.3. The normalized spacial score (nSPS) is 18.8. The van der Waals surface area contributed by atoms with Crippen molar-refractivity contribution in [2.24, 2.45) is 5.92 Å². The zero-order valence-corrected chi connectivity index (χ0v) is 13.0. The number of likely N-dealkylation sites (tertiary alicyclic amines) is 1. The summed E-state index contributed by atoms with van der Waals surface area (Å²) in [6.45, 7) is 5.44. The molecule has 6 heteroatoms. The van der Waals surface area contributed by atoms with Gasteiger partial charge in [0.1, 0.15) is 0 Å². The molecule has 1 aromatic heterocycles. The molecule has 108 valence electrons. The second-order valence-corrected chi connectivity index (χ2v) is 8.18. The highest BCUT2D eigenvalue weighted by Gasteiger charge is 2.20. The molecule has 0 unspecified atom stereocenters. The second kappa shape index (κ2) is 6.83. The molecule has 1 aliphatic heterocycles. The van der Waals surface area contributed by atoms with Gasteiger partial charge in [0.25, 0.3) is 0 Å². The van der Waals surface area contributed by atoms with E-state index in [2.05, 4.69) is 27.1 Å². The molecule has 0 aromatic carbocycles. The molecule has 1 fully saturated rings. The molecule has 0 atom stereocenters. The van der Waals surface area contributed by atoms with Gasteiger partial charge < -0.3 is 0 Å². The van der Waals surface area contributed by atoms with Crippen LogP contribution in [0.25, 0.3) is 0 Å². The lowest BCUT2D eigenvalue weighted by molar-refractivity contribution is 0.180. The summed E-state index contributed by atoms with van der Waals surface area (Å²) in [6, 6.07) is 4.26. The molecule has 1 aromatic rings. The van der Waals surface area contributed by atoms with Crippen molar-refractivity contribution in [1.29, 1.82) is 0 Å². The maximum atomic E-state index is 11.4. The topological polar surface area (TPSA) is 49.4 Å². The average Bonchev–Trinajstić information content (AvgIpc) is 2.91. The van der Waals surface area contributed by atoms with Gasteiger partial charge in [-0.2, -0.15) is 0 Å². The van der Waals surface area contributed by atoms with E-state index in [4.69, 9.17) is 0 Å². The van der Waals surface area contributed by atoms with Crippen molar-refractivity contribution in [2.45, 2.75) is 26.3 Å². The number of thiophene rings is 1. The highest BCUT2D eigenvalue weighted by atomic mass is 32.2. The fourth-order valence-electron chi connectivity index (χ4n) is 2.32. The van der Waals surface area contributed by atoms with Crippen LogP contribution in [0.2, 0.25) is 0 Å². The van der Waals surface area contributed by atoms with E-state index in [1.165, 1.54) is 4.88 Å². The maximum Gasteiger partial charge on any atom is 0.211 e. The van der Waals surface area contributed by atoms with Gasteiger partial charge >= 0.3 is 0 Å². The SMILES string of the molecule is CCS(=O)(=O)NCC1CCN(Cc2cccs2)CC1. The van der Waals surface area contributed by atoms with E-state index in [-0.39, 0.29) is 5.75 Å². The van der Waals surface area contributed by atoms with Gasteiger partial charge in [0.05, 0.1) is 5.75 Å². The van der Waals surface area contributed by atoms with E-state index in [9.17, 15) is 8.42 Å². The Bertz CT molecular complexity index is 463. The minimum absolute atomic E-state index is 0.171. The van der Waals surface area contributed by atoms with Gasteiger partial charge in [0.15, 0.2) is 0 Å². The molecule has 0 amide bonds. The molecule has 2 rings (SSSR count). The molecule has 19 heavy (non-hydrogen) atoms. The minimum atomic E-state index is -3.04. The molecule has 0 radical (unpaired) electrons. The van der Waals surface area contributed by atoms with E-state index in [0.29, 0.717) is 12.5 Å². The van der Waals surface area contributed by atoms with Gasteiger partial charge in [0, 0.05) is 18.0 Å². The monoisotopic (exact) mass is 302 g/mol. The Morgan fingerprint density at radius 3 is 2.74 bits per heavy atom. The summed E-state index contributed by atoms with van der Waals surface area (Å²) in [5, 5.41) is 2.11. The van der Waals surface area contributed by atoms with Crippen LogP contribution in [0.5, 0.6) is 0 Å². The van der Waals surface area contributed by atoms with Crippen LogP contribution in [0.4, 0.5) is 0 Å². The number of hydrogen-bond acceptors (Lipinski definition) is 4. The van der Waals surface area contributed by atoms with Crippen molar-refractivity contribution >= 4 is 21.4 Å². The lowest BCUT2D eigenvalue weighted by Crippen LogP contribution is -2.38. The van der Waals surface area contributed by atoms with Crippen molar-refractivity contribution in [3.8, 4) is 0 Å². The van der Waals surface area contributed by atoms with Crippen LogP contribution in [0.3, 0.4) is 0 Å². The van der Waals surface area contributed by atoms with Crippen LogP contribution in [0.15, 0.2) is 17.5 Å². The minimum Gasteiger partial charge on any atom is -0.298 e. The molecule has 0 aliphatic carbocycles. The molecule has 0 bridgehead atoms. The highest BCUT2D eigenvalue weighted by molar-refractivity contribution is 7.89. The first-order valence-electron chi connectivity index (χ1n) is 6.81. The van der Waals surface area contributed by atoms with Crippen molar-refractivity contribution in [2.75, 3.05) is 25.4 Å². The van der Waals surface area contributed by atoms with Crippen molar-refractivity contribution in [3.05, 3.63) is 22.4 Å². The zero-order chi connectivity index (χ0) is 13.7. The molecular weight excluding hydrogens is 280 g/mol. The lowest BCUT2D eigenvalue weighted by Gasteiger charge is -2.31. The Kier molecular flexibility index (Phi) is 5.38. The van der Waals surface area contributed by atoms with Crippen molar-refractivity contribution in [3.63, 3.8) is 0 Å². The summed E-state index contributed by atoms with van der Waals surface area (Å²) in [4.78, 5) is 3.86. The largest absolute Gasteiger partial charge is 0.298 e. The Morgan fingerprint density at radius 2 is 2.16 bits per heavy atom. The van der Waals surface area contributed by atoms with E-state index in [1.807, 2.05) is 0 Å². The predicted octanol–water partition coefficient (Wildman–Crippen LogP) is 1.90. The number of sulfonamides is 1. The molecular formula is C13H22N2O2S2. The quantitative estimate of drug-likeness (QED) is 0.873. The van der Waals surface area contributed by atoms with Crippen LogP contribution >= 0.6 is 11.3 Å². The van der Waals surface area contributed by atoms with E-state index < -0.39 is 10.0 Å². The van der Waals surface area contributed by atoms with E-state index >= 15 is 0 Å². The summed E-state index contributed by atoms with van der Waals surface area (Å²) in [5.41, 5.74) is 0. The number of nitrogens with one attached hydrogen (secondary N) is 1. The highest BCUT2D eigenvalue weighted by Crippen LogP contribution is 2.20. The Hall–Kier alpha value is -0.430. The lowest BCUT2D eigenvalue weighted by atomic mass is 9.97. The first-order chi connectivity index (χ1) is 9.09. The molecule has 1 saturated heterocycles. The Balaban J connectivity index is 1.70. The summed E-state index contributed by atoms with van der Waals surface area (Å²) >= 11 is 1.80. The molecule has 1 N–H and O–H groups in total.